The van der Waals surface area contributed by atoms with Crippen molar-refractivity contribution in [3.63, 3.8) is 0 Å². The molecule has 13 nitrogen and oxygen atoms in total. The fourth-order valence-electron chi connectivity index (χ4n) is 2.81. The first kappa shape index (κ1) is 22.8. The molecule has 1 amide bonds. The van der Waals surface area contributed by atoms with Crippen LogP contribution in [0.15, 0.2) is 34.2 Å². The number of aliphatic imine (C=N–C) groups is 1. The molecule has 0 spiro atoms. The van der Waals surface area contributed by atoms with Crippen LogP contribution in [-0.4, -0.2) is 57.2 Å². The van der Waals surface area contributed by atoms with E-state index in [1.165, 1.54) is 24.4 Å². The zero-order chi connectivity index (χ0) is 22.4. The summed E-state index contributed by atoms with van der Waals surface area (Å²) < 4.78 is 6.58. The molecule has 1 unspecified atom stereocenters. The summed E-state index contributed by atoms with van der Waals surface area (Å²) in [5.74, 6) is -2.17. The summed E-state index contributed by atoms with van der Waals surface area (Å²) >= 11 is 0. The number of rotatable bonds is 8. The van der Waals surface area contributed by atoms with E-state index < -0.39 is 42.0 Å². The molecular weight excluding hydrogens is 396 g/mol. The molecule has 1 aliphatic heterocycles. The Kier molecular flexibility index (Phi) is 7.49. The molecule has 0 aliphatic carbocycles. The number of amides is 1. The Bertz CT molecular complexity index is 894. The molecule has 0 aromatic carbocycles. The van der Waals surface area contributed by atoms with E-state index in [0.29, 0.717) is 13.0 Å². The highest BCUT2D eigenvalue weighted by Gasteiger charge is 2.36. The molecule has 2 heterocycles. The Morgan fingerprint density at radius 3 is 2.70 bits per heavy atom. The number of aromatic nitrogens is 2. The third kappa shape index (κ3) is 5.78. The number of nitrogens with two attached hydrogens (primary N) is 4. The molecule has 30 heavy (non-hydrogen) atoms. The number of carbonyl (C=O) groups excluding carboxylic acids is 1. The summed E-state index contributed by atoms with van der Waals surface area (Å²) in [5.41, 5.74) is 21.2. The highest BCUT2D eigenvalue weighted by atomic mass is 16.5. The average Bonchev–Trinajstić information content (AvgIpc) is 2.67. The fraction of sp³-hybridized carbons (Fsp3) is 0.471. The average molecular weight is 422 g/mol. The van der Waals surface area contributed by atoms with Gasteiger partial charge in [0.05, 0.1) is 12.1 Å². The topological polar surface area (TPSA) is 227 Å². The number of hydrogen-bond donors (Lipinski definition) is 6. The summed E-state index contributed by atoms with van der Waals surface area (Å²) in [7, 11) is 0. The number of nitrogen functional groups attached to an aromatic ring is 1. The molecule has 1 aromatic rings. The van der Waals surface area contributed by atoms with Gasteiger partial charge in [-0.05, 0) is 24.5 Å². The Hall–Kier alpha value is -3.45. The Morgan fingerprint density at radius 1 is 1.40 bits per heavy atom. The standard InChI is InChI=1S/C17H26N8O5/c1-8(4-6-22-16(20)21)12(19)14(26)23-9-2-3-11(30-13(9)15(27)28)25-7-5-10(18)24-17(25)29/h2-3,5,7-9,11-13H,4,6,19H2,1H3,(H,23,26)(H,27,28)(H2,18,24,29)(H4,20,21,22)/t8?,9-,11+,12-,13-/m0/s1. The van der Waals surface area contributed by atoms with E-state index in [1.807, 2.05) is 0 Å². The number of ether oxygens (including phenoxy) is 1. The maximum absolute atomic E-state index is 12.5. The second-order valence-corrected chi connectivity index (χ2v) is 6.85. The van der Waals surface area contributed by atoms with Gasteiger partial charge in [-0.1, -0.05) is 13.0 Å². The molecule has 2 rings (SSSR count). The van der Waals surface area contributed by atoms with E-state index in [4.69, 9.17) is 27.7 Å². The Morgan fingerprint density at radius 2 is 2.10 bits per heavy atom. The van der Waals surface area contributed by atoms with Crippen LogP contribution in [0.25, 0.3) is 0 Å². The van der Waals surface area contributed by atoms with Gasteiger partial charge in [0.15, 0.2) is 18.3 Å². The van der Waals surface area contributed by atoms with Crippen molar-refractivity contribution >= 4 is 23.7 Å². The second-order valence-electron chi connectivity index (χ2n) is 6.85. The zero-order valence-corrected chi connectivity index (χ0v) is 16.3. The minimum atomic E-state index is -1.45. The SMILES string of the molecule is CC(CCN=C(N)N)[C@H](N)C(=O)N[C@H]1C=C[C@H](n2ccc(N)nc2=O)O[C@@H]1C(=O)O. The predicted molar refractivity (Wildman–Crippen MR) is 108 cm³/mol. The fourth-order valence-corrected chi connectivity index (χ4v) is 2.81. The number of anilines is 1. The molecule has 5 atom stereocenters. The van der Waals surface area contributed by atoms with Gasteiger partial charge in [0.1, 0.15) is 5.82 Å². The van der Waals surface area contributed by atoms with E-state index >= 15 is 0 Å². The molecule has 10 N–H and O–H groups in total. The van der Waals surface area contributed by atoms with Crippen LogP contribution in [0.2, 0.25) is 0 Å². The summed E-state index contributed by atoms with van der Waals surface area (Å²) in [6.45, 7) is 2.06. The van der Waals surface area contributed by atoms with Gasteiger partial charge in [-0.25, -0.2) is 9.59 Å². The quantitative estimate of drug-likeness (QED) is 0.146. The molecule has 1 aliphatic rings. The number of aliphatic carboxylic acids is 1. The second kappa shape index (κ2) is 9.84. The van der Waals surface area contributed by atoms with Crippen LogP contribution < -0.4 is 33.9 Å². The lowest BCUT2D eigenvalue weighted by atomic mass is 9.97. The van der Waals surface area contributed by atoms with Crippen molar-refractivity contribution in [1.29, 1.82) is 0 Å². The smallest absolute Gasteiger partial charge is 0.351 e. The maximum Gasteiger partial charge on any atom is 0.351 e. The molecule has 13 heteroatoms. The summed E-state index contributed by atoms with van der Waals surface area (Å²) in [4.78, 5) is 43.5. The van der Waals surface area contributed by atoms with Crippen LogP contribution in [0, 0.1) is 5.92 Å². The van der Waals surface area contributed by atoms with Crippen molar-refractivity contribution in [2.45, 2.75) is 37.8 Å². The molecular formula is C17H26N8O5. The van der Waals surface area contributed by atoms with Crippen LogP contribution in [0.5, 0.6) is 0 Å². The van der Waals surface area contributed by atoms with E-state index in [2.05, 4.69) is 15.3 Å². The third-order valence-corrected chi connectivity index (χ3v) is 4.57. The van der Waals surface area contributed by atoms with Gasteiger partial charge in [0.25, 0.3) is 0 Å². The van der Waals surface area contributed by atoms with Crippen LogP contribution in [-0.2, 0) is 14.3 Å². The Balaban J connectivity index is 2.09. The van der Waals surface area contributed by atoms with Crippen LogP contribution in [0.3, 0.4) is 0 Å². The van der Waals surface area contributed by atoms with Gasteiger partial charge in [-0.2, -0.15) is 4.98 Å². The molecule has 0 fully saturated rings. The highest BCUT2D eigenvalue weighted by Crippen LogP contribution is 2.21. The lowest BCUT2D eigenvalue weighted by molar-refractivity contribution is -0.159. The van der Waals surface area contributed by atoms with Gasteiger partial charge >= 0.3 is 11.7 Å². The van der Waals surface area contributed by atoms with E-state index in [-0.39, 0.29) is 17.7 Å². The van der Waals surface area contributed by atoms with Crippen LogP contribution >= 0.6 is 0 Å². The maximum atomic E-state index is 12.5. The van der Waals surface area contributed by atoms with Crippen molar-refractivity contribution in [3.05, 3.63) is 34.9 Å². The Labute approximate surface area is 171 Å². The number of guanidine groups is 1. The van der Waals surface area contributed by atoms with Gasteiger partial charge in [-0.15, -0.1) is 0 Å². The summed E-state index contributed by atoms with van der Waals surface area (Å²) in [5, 5.41) is 12.1. The zero-order valence-electron chi connectivity index (χ0n) is 16.3. The minimum absolute atomic E-state index is 0.0268. The van der Waals surface area contributed by atoms with Crippen molar-refractivity contribution in [1.82, 2.24) is 14.9 Å². The lowest BCUT2D eigenvalue weighted by Gasteiger charge is -2.32. The third-order valence-electron chi connectivity index (χ3n) is 4.57. The van der Waals surface area contributed by atoms with Gasteiger partial charge in [-0.3, -0.25) is 14.4 Å². The van der Waals surface area contributed by atoms with E-state index in [1.54, 1.807) is 6.92 Å². The molecule has 1 aromatic heterocycles. The van der Waals surface area contributed by atoms with Gasteiger partial charge in [0.2, 0.25) is 5.91 Å². The van der Waals surface area contributed by atoms with Crippen molar-refractivity contribution < 1.29 is 19.4 Å². The number of nitrogens with zero attached hydrogens (tertiary/aromatic N) is 3. The largest absolute Gasteiger partial charge is 0.479 e. The van der Waals surface area contributed by atoms with Crippen molar-refractivity contribution in [3.8, 4) is 0 Å². The first-order valence-electron chi connectivity index (χ1n) is 9.12. The lowest BCUT2D eigenvalue weighted by Crippen LogP contribution is -2.55. The summed E-state index contributed by atoms with van der Waals surface area (Å²) in [6, 6.07) is -0.520. The first-order chi connectivity index (χ1) is 14.1. The van der Waals surface area contributed by atoms with E-state index in [0.717, 1.165) is 4.57 Å². The number of carbonyl (C=O) groups is 2. The van der Waals surface area contributed by atoms with Crippen LogP contribution in [0.1, 0.15) is 19.6 Å². The van der Waals surface area contributed by atoms with Crippen molar-refractivity contribution in [2.24, 2.45) is 28.1 Å². The highest BCUT2D eigenvalue weighted by molar-refractivity contribution is 5.84. The van der Waals surface area contributed by atoms with Crippen molar-refractivity contribution in [2.75, 3.05) is 12.3 Å². The molecule has 0 radical (unpaired) electrons. The predicted octanol–water partition coefficient (Wildman–Crippen LogP) is -2.52. The van der Waals surface area contributed by atoms with Crippen LogP contribution in [0.4, 0.5) is 5.82 Å². The molecule has 0 saturated heterocycles. The number of nitrogens with one attached hydrogen (secondary N) is 1. The number of carboxylic acids is 1. The number of carboxylic acid groups (broad SMARTS) is 1. The molecule has 164 valence electrons. The molecule has 0 saturated carbocycles. The van der Waals surface area contributed by atoms with E-state index in [9.17, 15) is 19.5 Å². The molecule has 0 bridgehead atoms. The van der Waals surface area contributed by atoms with Gasteiger partial charge in [0, 0.05) is 12.7 Å². The monoisotopic (exact) mass is 422 g/mol. The normalized spacial score (nSPS) is 22.7. The number of hydrogen-bond acceptors (Lipinski definition) is 8. The first-order valence-corrected chi connectivity index (χ1v) is 9.12. The van der Waals surface area contributed by atoms with Gasteiger partial charge < -0.3 is 38.1 Å². The summed E-state index contributed by atoms with van der Waals surface area (Å²) in [6.07, 6.45) is 2.21. The minimum Gasteiger partial charge on any atom is -0.479 e.